The first-order chi connectivity index (χ1) is 67.0. The van der Waals surface area contributed by atoms with Crippen LogP contribution in [0, 0.1) is 129 Å². The second-order valence-electron chi connectivity index (χ2n) is 28.4. The zero-order chi connectivity index (χ0) is 106. The molecule has 58 nitrogen and oxygen atoms in total. The van der Waals surface area contributed by atoms with Crippen LogP contribution in [0.5, 0.6) is 69.0 Å². The van der Waals surface area contributed by atoms with Gasteiger partial charge < -0.3 is 123 Å². The molecule has 0 unspecified atom stereocenters. The number of phenols is 12. The summed E-state index contributed by atoms with van der Waals surface area (Å²) in [5.74, 6) is -21.0. The maximum atomic E-state index is 12.4. The topological polar surface area (TPSA) is 966 Å². The zero-order valence-corrected chi connectivity index (χ0v) is 72.6. The third kappa shape index (κ3) is 27.4. The van der Waals surface area contributed by atoms with Crippen molar-refractivity contribution in [2.45, 2.75) is 65.0 Å². The van der Waals surface area contributed by atoms with E-state index in [1.165, 1.54) is 70.1 Å². The number of likely N-dealkylation sites (tertiary alicyclic amines) is 2. The molecule has 58 heteroatoms. The number of aliphatic hydroxyl groups excluding tert-OH is 6. The Hall–Kier alpha value is -21.5. The fraction of sp³-hybridized carbons (Fsp3) is 0.190. The van der Waals surface area contributed by atoms with Gasteiger partial charge in [-0.3, -0.25) is 94.4 Å². The molecule has 2 aromatic heterocycles. The summed E-state index contributed by atoms with van der Waals surface area (Å²) in [4.78, 5) is 151. The number of carbonyl (C=O) groups excluding carboxylic acids is 6. The van der Waals surface area contributed by atoms with Gasteiger partial charge in [-0.15, -0.1) is 0 Å². The number of benzene rings is 6. The fourth-order valence-corrected chi connectivity index (χ4v) is 11.7. The van der Waals surface area contributed by atoms with Crippen LogP contribution in [0.25, 0.3) is 34.6 Å². The van der Waals surface area contributed by atoms with Gasteiger partial charge in [0.15, 0.2) is 73.8 Å². The lowest BCUT2D eigenvalue weighted by atomic mass is 10.0. The van der Waals surface area contributed by atoms with Crippen LogP contribution in [0.3, 0.4) is 0 Å². The molecule has 2 saturated heterocycles. The molecule has 734 valence electrons. The van der Waals surface area contributed by atoms with Crippen molar-refractivity contribution in [3.8, 4) is 105 Å². The molecule has 0 bridgehead atoms. The number of nitro benzene ring substituents is 6. The molecule has 8 aromatic rings. The van der Waals surface area contributed by atoms with Gasteiger partial charge in [0.25, 0.3) is 35.4 Å². The number of hydrogen-bond acceptors (Lipinski definition) is 46. The van der Waals surface area contributed by atoms with E-state index in [0.29, 0.717) is 51.0 Å². The van der Waals surface area contributed by atoms with Crippen LogP contribution in [0.15, 0.2) is 143 Å². The fourth-order valence-electron chi connectivity index (χ4n) is 11.7. The summed E-state index contributed by atoms with van der Waals surface area (Å²) in [5.41, 5.74) is -10.8. The Labute approximate surface area is 792 Å². The quantitative estimate of drug-likeness (QED) is 0.00687. The highest BCUT2D eigenvalue weighted by atomic mass is 16.7. The molecule has 2 aliphatic heterocycles. The molecule has 142 heavy (non-hydrogen) atoms. The van der Waals surface area contributed by atoms with Gasteiger partial charge in [0.1, 0.15) is 77.3 Å². The van der Waals surface area contributed by atoms with Crippen LogP contribution in [0.2, 0.25) is 0 Å². The van der Waals surface area contributed by atoms with E-state index in [1.807, 2.05) is 0 Å². The standard InChI is InChI=1S/C15H11N5O6.C15H15N3O6.C14H9N5O6.C14H15N3O6.2C13H11N3O6/c16-5-10(15(24)18-6-9-1-2-17-7-19-9)13(22)8-3-11(20(25)26)14(23)12(21)4-8;16-8-10(15(22)17-4-2-1-3-5-17)13(20)9-6-11(18(23)24)14(21)12(19)7-9;15-5-8(14(23)18-11-6-16-1-2-17-11)12(21)7-3-9(19(24)25)13(22)10(20)4-7;1-3-16(4-2)14(21)9(7-15)12(19)8-5-10(17(22)23)13(20)11(18)6-8;14-5-8(13(20)15-7-1-2-7)11(18)6-3-9(16(21)22)12(19)10(17)4-6;14-6-8(13(20)15-2-1-3-15)11(18)7-4-9(16(21)22)12(19)10(17)5-7/h1-4,7,21-23H,6H2,(H,18,24);6-7,19-21H,1-5H2;1-4,6,20-22H,(H,17,18,23);5-6,18-20H,3-4H2,1-2H3;3-4,7,17-19H,1-2H2,(H,15,20);4-5,17-19H,1-3H2/b2*13-10-;12-8-;12-9-;2*11-8-. The predicted octanol–water partition coefficient (Wildman–Crippen LogP) is 7.72. The lowest BCUT2D eigenvalue weighted by molar-refractivity contribution is -0.386. The van der Waals surface area contributed by atoms with Gasteiger partial charge in [-0.1, -0.05) is 0 Å². The first-order valence-corrected chi connectivity index (χ1v) is 39.6. The molecular formula is C84H72N22O36. The second-order valence-corrected chi connectivity index (χ2v) is 28.4. The van der Waals surface area contributed by atoms with Crippen LogP contribution in [0.1, 0.15) is 91.4 Å². The van der Waals surface area contributed by atoms with Gasteiger partial charge in [0, 0.05) is 134 Å². The number of rotatable bonds is 24. The molecule has 3 fully saturated rings. The highest BCUT2D eigenvalue weighted by Gasteiger charge is 2.35. The largest absolute Gasteiger partial charge is 0.506 e. The molecule has 1 aliphatic carbocycles. The lowest BCUT2D eigenvalue weighted by Gasteiger charge is -2.30. The van der Waals surface area contributed by atoms with Crippen molar-refractivity contribution >= 4 is 110 Å². The molecule has 6 amide bonds. The number of aromatic nitrogens is 4. The number of aromatic hydroxyl groups is 12. The van der Waals surface area contributed by atoms with E-state index in [9.17, 15) is 187 Å². The van der Waals surface area contributed by atoms with Gasteiger partial charge in [-0.2, -0.15) is 31.6 Å². The smallest absolute Gasteiger partial charge is 0.315 e. The molecule has 21 N–H and O–H groups in total. The van der Waals surface area contributed by atoms with Crippen molar-refractivity contribution in [1.29, 1.82) is 31.6 Å². The first-order valence-electron chi connectivity index (χ1n) is 39.6. The number of likely N-dealkylation sites (N-methyl/N-ethyl adjacent to an activating group) is 1. The number of nitro groups is 6. The SMILES string of the molecule is CCN(CC)C(=O)/C(C#N)=C(\O)c1cc(O)c(O)c([N+](=O)[O-])c1.N#C/C(C(=O)N1CCC1)=C(/O)c1cc(O)c(O)c([N+](=O)[O-])c1.N#C/C(C(=O)N1CCCCC1)=C(/O)c1cc(O)c(O)c([N+](=O)[O-])c1.N#C/C(C(=O)NC1CC1)=C(/O)c1cc(O)c(O)c([N+](=O)[O-])c1.N#C/C(C(=O)NCc1ccncn1)=C(/O)c1cc(O)c(O)c([N+](=O)[O-])c1.N#C/C(C(=O)Nc1cnccn1)=C(/O)c1cc(O)c(O)c([N+](=O)[O-])c1. The minimum Gasteiger partial charge on any atom is -0.506 e. The number of aliphatic hydroxyl groups is 6. The number of hydrogen-bond donors (Lipinski definition) is 21. The van der Waals surface area contributed by atoms with Crippen LogP contribution < -0.4 is 16.0 Å². The van der Waals surface area contributed by atoms with Crippen molar-refractivity contribution in [3.05, 3.63) is 243 Å². The maximum absolute atomic E-state index is 12.4. The summed E-state index contributed by atoms with van der Waals surface area (Å²) in [6.07, 6.45) is 11.4. The Morgan fingerprint density at radius 2 is 0.683 bits per heavy atom. The number of nitrogens with one attached hydrogen (secondary N) is 3. The maximum Gasteiger partial charge on any atom is 0.315 e. The third-order valence-corrected chi connectivity index (χ3v) is 19.3. The molecule has 4 heterocycles. The number of piperidine rings is 1. The molecule has 3 aliphatic rings. The summed E-state index contributed by atoms with van der Waals surface area (Å²) >= 11 is 0. The summed E-state index contributed by atoms with van der Waals surface area (Å²) in [6, 6.07) is 20.0. The van der Waals surface area contributed by atoms with E-state index >= 15 is 0 Å². The molecule has 0 atom stereocenters. The summed E-state index contributed by atoms with van der Waals surface area (Å²) in [7, 11) is 0. The molecule has 11 rings (SSSR count). The van der Waals surface area contributed by atoms with Crippen molar-refractivity contribution in [2.24, 2.45) is 0 Å². The number of amides is 6. The minimum atomic E-state index is -1.05. The second kappa shape index (κ2) is 49.3. The molecule has 0 spiro atoms. The minimum absolute atomic E-state index is 0.00702. The highest BCUT2D eigenvalue weighted by Crippen LogP contribution is 2.45. The van der Waals surface area contributed by atoms with Crippen molar-refractivity contribution in [1.82, 2.24) is 45.3 Å². The van der Waals surface area contributed by atoms with E-state index in [1.54, 1.807) is 32.1 Å². The highest BCUT2D eigenvalue weighted by molar-refractivity contribution is 6.11. The third-order valence-electron chi connectivity index (χ3n) is 19.3. The monoisotopic (exact) mass is 1960 g/mol. The Balaban J connectivity index is 0.000000261. The average molecular weight is 1970 g/mol. The normalized spacial score (nSPS) is 13.0. The summed E-state index contributed by atoms with van der Waals surface area (Å²) in [5, 5.41) is 301. The van der Waals surface area contributed by atoms with Crippen LogP contribution in [0.4, 0.5) is 39.9 Å². The van der Waals surface area contributed by atoms with Gasteiger partial charge in [-0.25, -0.2) is 15.0 Å². The average Bonchev–Trinajstić information content (AvgIpc) is 1.59. The van der Waals surface area contributed by atoms with Crippen molar-refractivity contribution in [2.75, 3.05) is 44.6 Å². The van der Waals surface area contributed by atoms with Gasteiger partial charge in [-0.05, 0) is 94.8 Å². The number of carbonyl (C=O) groups is 6. The zero-order valence-electron chi connectivity index (χ0n) is 72.6. The van der Waals surface area contributed by atoms with Gasteiger partial charge >= 0.3 is 34.1 Å². The number of phenolic OH excluding ortho intramolecular Hbond substituents is 12. The van der Waals surface area contributed by atoms with Crippen molar-refractivity contribution in [3.63, 3.8) is 0 Å². The molecule has 6 aromatic carbocycles. The van der Waals surface area contributed by atoms with E-state index < -0.39 is 242 Å². The van der Waals surface area contributed by atoms with E-state index in [-0.39, 0.29) is 46.2 Å². The molecule has 1 saturated carbocycles. The number of anilines is 1. The van der Waals surface area contributed by atoms with Crippen LogP contribution >= 0.6 is 0 Å². The van der Waals surface area contributed by atoms with E-state index in [2.05, 4.69) is 35.9 Å². The summed E-state index contributed by atoms with van der Waals surface area (Å²) < 4.78 is 0. The van der Waals surface area contributed by atoms with E-state index in [0.717, 1.165) is 105 Å². The Morgan fingerprint density at radius 1 is 0.387 bits per heavy atom. The lowest BCUT2D eigenvalue weighted by Crippen LogP contribution is -2.42. The van der Waals surface area contributed by atoms with Crippen LogP contribution in [-0.2, 0) is 35.3 Å². The predicted molar refractivity (Wildman–Crippen MR) is 475 cm³/mol. The Morgan fingerprint density at radius 3 is 0.944 bits per heavy atom. The number of nitrogens with zero attached hydrogens (tertiary/aromatic N) is 19. The molecule has 0 radical (unpaired) electrons. The summed E-state index contributed by atoms with van der Waals surface area (Å²) in [6.45, 7) is 5.74. The van der Waals surface area contributed by atoms with Gasteiger partial charge in [0.05, 0.1) is 48.0 Å². The van der Waals surface area contributed by atoms with Crippen molar-refractivity contribution < 1.29 is 150 Å². The van der Waals surface area contributed by atoms with Crippen LogP contribution in [-0.4, -0.2) is 237 Å². The number of nitriles is 6. The molecular weight excluding hydrogens is 1890 g/mol. The Bertz CT molecular complexity index is 6880. The Kier molecular flexibility index (Phi) is 37.9. The van der Waals surface area contributed by atoms with E-state index in [4.69, 9.17) is 26.3 Å². The van der Waals surface area contributed by atoms with Gasteiger partial charge in [0.2, 0.25) is 34.5 Å². The first kappa shape index (κ1) is 109.